The van der Waals surface area contributed by atoms with Gasteiger partial charge in [-0.2, -0.15) is 0 Å². The molecule has 2 heterocycles. The summed E-state index contributed by atoms with van der Waals surface area (Å²) in [6, 6.07) is 0. The van der Waals surface area contributed by atoms with E-state index in [4.69, 9.17) is 14.2 Å². The largest absolute Gasteiger partial charge is 1.00 e. The van der Waals surface area contributed by atoms with Gasteiger partial charge in [-0.25, -0.2) is 8.42 Å². The van der Waals surface area contributed by atoms with Crippen LogP contribution in [0.1, 0.15) is 26.2 Å². The van der Waals surface area contributed by atoms with E-state index in [-0.39, 0.29) is 48.7 Å². The van der Waals surface area contributed by atoms with Gasteiger partial charge in [-0.15, -0.1) is 11.3 Å². The van der Waals surface area contributed by atoms with Crippen molar-refractivity contribution in [3.05, 3.63) is 10.8 Å². The third kappa shape index (κ3) is 5.99. The molecule has 120 valence electrons. The molecule has 0 saturated heterocycles. The molecule has 0 spiro atoms. The zero-order chi connectivity index (χ0) is 15.3. The van der Waals surface area contributed by atoms with E-state index in [1.807, 2.05) is 17.7 Å². The van der Waals surface area contributed by atoms with Crippen molar-refractivity contribution in [2.75, 3.05) is 19.8 Å². The van der Waals surface area contributed by atoms with Gasteiger partial charge >= 0.3 is 29.6 Å². The monoisotopic (exact) mass is 358 g/mol. The van der Waals surface area contributed by atoms with E-state index in [0.29, 0.717) is 37.6 Å². The van der Waals surface area contributed by atoms with Crippen molar-refractivity contribution in [2.24, 2.45) is 0 Å². The predicted molar refractivity (Wildman–Crippen MR) is 78.1 cm³/mol. The van der Waals surface area contributed by atoms with Crippen LogP contribution in [0.15, 0.2) is 10.8 Å². The molecule has 0 aromatic carbocycles. The summed E-state index contributed by atoms with van der Waals surface area (Å²) in [6.45, 7) is 2.76. The molecule has 0 amide bonds. The first-order valence-corrected chi connectivity index (χ1v) is 9.30. The molecule has 0 bridgehead atoms. The molecule has 0 fully saturated rings. The number of ether oxygens (including phenoxy) is 3. The fraction of sp³-hybridized carbons (Fsp3) is 0.692. The first kappa shape index (κ1) is 20.2. The Kier molecular flexibility index (Phi) is 8.69. The topological polar surface area (TPSA) is 84.9 Å². The van der Waals surface area contributed by atoms with Gasteiger partial charge in [-0.05, 0) is 12.8 Å². The molecule has 1 aliphatic rings. The van der Waals surface area contributed by atoms with E-state index in [2.05, 4.69) is 0 Å². The van der Waals surface area contributed by atoms with E-state index in [9.17, 15) is 13.0 Å². The van der Waals surface area contributed by atoms with E-state index < -0.39 is 15.4 Å². The van der Waals surface area contributed by atoms with E-state index in [0.717, 1.165) is 0 Å². The fourth-order valence-corrected chi connectivity index (χ4v) is 3.71. The molecule has 1 aliphatic heterocycles. The van der Waals surface area contributed by atoms with Crippen molar-refractivity contribution in [2.45, 2.75) is 37.5 Å². The molecule has 22 heavy (non-hydrogen) atoms. The summed E-state index contributed by atoms with van der Waals surface area (Å²) in [6.07, 6.45) is 0.960. The SMILES string of the molecule is CCCC(CCOC1COc2cscc2OC1)S(=O)(=O)[O-].[Na+]. The molecule has 1 unspecified atom stereocenters. The third-order valence-corrected chi connectivity index (χ3v) is 5.24. The molecular formula is C13H19NaO6S2. The van der Waals surface area contributed by atoms with E-state index in [1.165, 1.54) is 11.3 Å². The summed E-state index contributed by atoms with van der Waals surface area (Å²) >= 11 is 1.50. The van der Waals surface area contributed by atoms with Gasteiger partial charge < -0.3 is 18.8 Å². The molecule has 0 saturated carbocycles. The summed E-state index contributed by atoms with van der Waals surface area (Å²) in [5.41, 5.74) is 0. The number of rotatable bonds is 7. The Morgan fingerprint density at radius 1 is 1.32 bits per heavy atom. The maximum absolute atomic E-state index is 11.1. The van der Waals surface area contributed by atoms with Crippen LogP contribution in [-0.4, -0.2) is 44.1 Å². The van der Waals surface area contributed by atoms with Crippen molar-refractivity contribution in [3.8, 4) is 11.5 Å². The van der Waals surface area contributed by atoms with Gasteiger partial charge in [0.1, 0.15) is 19.3 Å². The summed E-state index contributed by atoms with van der Waals surface area (Å²) in [7, 11) is -4.26. The van der Waals surface area contributed by atoms with Crippen LogP contribution < -0.4 is 39.0 Å². The minimum atomic E-state index is -4.26. The van der Waals surface area contributed by atoms with Crippen molar-refractivity contribution < 1.29 is 56.7 Å². The van der Waals surface area contributed by atoms with E-state index in [1.54, 1.807) is 0 Å². The Balaban J connectivity index is 0.00000242. The third-order valence-electron chi connectivity index (χ3n) is 3.25. The second-order valence-corrected chi connectivity index (χ2v) is 7.30. The van der Waals surface area contributed by atoms with Gasteiger partial charge in [0.05, 0.1) is 15.4 Å². The number of thiophene rings is 1. The van der Waals surface area contributed by atoms with Crippen LogP contribution in [-0.2, 0) is 14.9 Å². The van der Waals surface area contributed by atoms with Crippen LogP contribution in [0, 0.1) is 0 Å². The number of hydrogen-bond acceptors (Lipinski definition) is 7. The molecule has 0 radical (unpaired) electrons. The summed E-state index contributed by atoms with van der Waals surface area (Å²) < 4.78 is 50.0. The first-order valence-electron chi connectivity index (χ1n) is 6.88. The van der Waals surface area contributed by atoms with Crippen LogP contribution in [0.25, 0.3) is 0 Å². The van der Waals surface area contributed by atoms with Crippen LogP contribution >= 0.6 is 11.3 Å². The Morgan fingerprint density at radius 2 is 1.91 bits per heavy atom. The first-order chi connectivity index (χ1) is 10.0. The summed E-state index contributed by atoms with van der Waals surface area (Å²) in [5.74, 6) is 1.41. The fourth-order valence-electron chi connectivity index (χ4n) is 2.12. The van der Waals surface area contributed by atoms with Crippen LogP contribution in [0.3, 0.4) is 0 Å². The summed E-state index contributed by atoms with van der Waals surface area (Å²) in [4.78, 5) is 0. The Labute approximate surface area is 157 Å². The molecule has 1 atom stereocenters. The van der Waals surface area contributed by atoms with Gasteiger partial charge in [-0.3, -0.25) is 0 Å². The molecule has 6 nitrogen and oxygen atoms in total. The normalized spacial score (nSPS) is 16.6. The second kappa shape index (κ2) is 9.46. The summed E-state index contributed by atoms with van der Waals surface area (Å²) in [5, 5.41) is 2.84. The van der Waals surface area contributed by atoms with Gasteiger partial charge in [0.15, 0.2) is 11.5 Å². The Morgan fingerprint density at radius 3 is 2.41 bits per heavy atom. The Bertz CT molecular complexity index is 522. The molecular weight excluding hydrogens is 339 g/mol. The molecule has 0 aliphatic carbocycles. The molecule has 1 aromatic heterocycles. The van der Waals surface area contributed by atoms with Crippen LogP contribution in [0.4, 0.5) is 0 Å². The standard InChI is InChI=1S/C13H20O6S2.Na/c1-2-3-11(21(14,15)16)4-5-17-10-6-18-12-8-20-9-13(12)19-7-10;/h8-11H,2-7H2,1H3,(H,14,15,16);/q;+1/p-1. The maximum Gasteiger partial charge on any atom is 1.00 e. The van der Waals surface area contributed by atoms with Gasteiger partial charge in [0, 0.05) is 17.4 Å². The number of fused-ring (bicyclic) bond motifs is 1. The molecule has 1 aromatic rings. The second-order valence-electron chi connectivity index (χ2n) is 4.91. The van der Waals surface area contributed by atoms with Crippen molar-refractivity contribution in [1.82, 2.24) is 0 Å². The zero-order valence-electron chi connectivity index (χ0n) is 12.8. The molecule has 2 rings (SSSR count). The van der Waals surface area contributed by atoms with Crippen LogP contribution in [0.2, 0.25) is 0 Å². The average molecular weight is 358 g/mol. The van der Waals surface area contributed by atoms with Gasteiger partial charge in [0.2, 0.25) is 0 Å². The maximum atomic E-state index is 11.1. The minimum absolute atomic E-state index is 0. The van der Waals surface area contributed by atoms with Crippen molar-refractivity contribution in [3.63, 3.8) is 0 Å². The molecule has 0 N–H and O–H groups in total. The average Bonchev–Trinajstić information content (AvgIpc) is 2.78. The molecule has 9 heteroatoms. The van der Waals surface area contributed by atoms with Crippen molar-refractivity contribution >= 4 is 21.5 Å². The van der Waals surface area contributed by atoms with Crippen LogP contribution in [0.5, 0.6) is 11.5 Å². The Hall–Kier alpha value is 0.170. The smallest absolute Gasteiger partial charge is 0.748 e. The zero-order valence-corrected chi connectivity index (χ0v) is 16.5. The van der Waals surface area contributed by atoms with Crippen molar-refractivity contribution in [1.29, 1.82) is 0 Å². The minimum Gasteiger partial charge on any atom is -0.748 e. The van der Waals surface area contributed by atoms with E-state index >= 15 is 0 Å². The van der Waals surface area contributed by atoms with Gasteiger partial charge in [-0.1, -0.05) is 13.3 Å². The number of hydrogen-bond donors (Lipinski definition) is 0. The predicted octanol–water partition coefficient (Wildman–Crippen LogP) is -0.987. The van der Waals surface area contributed by atoms with Gasteiger partial charge in [0.25, 0.3) is 0 Å². The quantitative estimate of drug-likeness (QED) is 0.460.